The number of urea groups is 1. The normalized spacial score (nSPS) is 18.8. The molecule has 3 aromatic carbocycles. The molecule has 5 rings (SSSR count). The molecule has 0 spiro atoms. The molecule has 0 radical (unpaired) electrons. The average Bonchev–Trinajstić information content (AvgIpc) is 3.00. The summed E-state index contributed by atoms with van der Waals surface area (Å²) in [6.45, 7) is 4.04. The quantitative estimate of drug-likeness (QED) is 0.373. The Morgan fingerprint density at radius 2 is 1.84 bits per heavy atom. The molecule has 3 aromatic rings. The molecule has 0 aromatic heterocycles. The lowest BCUT2D eigenvalue weighted by Gasteiger charge is -2.55. The minimum atomic E-state index is -0.965. The van der Waals surface area contributed by atoms with E-state index in [-0.39, 0.29) is 62.3 Å². The van der Waals surface area contributed by atoms with Gasteiger partial charge in [-0.15, -0.1) is 6.58 Å². The van der Waals surface area contributed by atoms with Gasteiger partial charge in [0.1, 0.15) is 29.5 Å². The third-order valence-electron chi connectivity index (χ3n) is 7.65. The number of piperazine rings is 1. The van der Waals surface area contributed by atoms with Crippen molar-refractivity contribution in [1.82, 2.24) is 25.1 Å². The molecule has 2 aliphatic rings. The van der Waals surface area contributed by atoms with Gasteiger partial charge in [-0.1, -0.05) is 54.6 Å². The first kappa shape index (κ1) is 29.6. The molecular formula is C32H34FN5O5. The first-order valence-corrected chi connectivity index (χ1v) is 14.0. The number of aromatic hydroxyl groups is 1. The van der Waals surface area contributed by atoms with Crippen molar-refractivity contribution < 1.29 is 28.6 Å². The van der Waals surface area contributed by atoms with E-state index in [1.807, 2.05) is 30.3 Å². The van der Waals surface area contributed by atoms with E-state index in [0.717, 1.165) is 5.56 Å². The number of methoxy groups -OCH3 is 1. The van der Waals surface area contributed by atoms with Crippen LogP contribution in [0.15, 0.2) is 85.5 Å². The standard InChI is InChI=1S/C32H34FN5O5/c1-3-15-36-21-30(40)37-28(16-22-9-12-25(39)13-10-22)31(41)35(19-24-11-14-26(43-2)17-27(24)33)20-29(37)38(36)32(42)34-18-23-7-5-4-6-8-23/h3-14,17,28-29,39H,1,15-16,18-21H2,2H3,(H,34,42)/t28-,29-/m0/s1. The highest BCUT2D eigenvalue weighted by Crippen LogP contribution is 2.30. The Morgan fingerprint density at radius 1 is 1.09 bits per heavy atom. The molecule has 0 unspecified atom stereocenters. The number of carbonyl (C=O) groups is 3. The number of hydrogen-bond donors (Lipinski definition) is 2. The van der Waals surface area contributed by atoms with Gasteiger partial charge in [0.2, 0.25) is 11.8 Å². The lowest BCUT2D eigenvalue weighted by atomic mass is 9.98. The molecule has 4 amide bonds. The van der Waals surface area contributed by atoms with Crippen LogP contribution in [0.3, 0.4) is 0 Å². The fourth-order valence-electron chi connectivity index (χ4n) is 5.54. The number of phenolic OH excluding ortho intramolecular Hbond substituents is 1. The Kier molecular flexibility index (Phi) is 8.91. The number of fused-ring (bicyclic) bond motifs is 1. The largest absolute Gasteiger partial charge is 0.508 e. The van der Waals surface area contributed by atoms with E-state index < -0.39 is 24.1 Å². The molecule has 0 saturated carbocycles. The zero-order chi connectivity index (χ0) is 30.5. The average molecular weight is 588 g/mol. The molecule has 2 aliphatic heterocycles. The molecule has 2 heterocycles. The first-order valence-electron chi connectivity index (χ1n) is 14.0. The Labute approximate surface area is 249 Å². The molecular weight excluding hydrogens is 553 g/mol. The lowest BCUT2D eigenvalue weighted by molar-refractivity contribution is -0.189. The van der Waals surface area contributed by atoms with Crippen molar-refractivity contribution in [3.8, 4) is 11.5 Å². The van der Waals surface area contributed by atoms with Crippen LogP contribution in [-0.2, 0) is 29.1 Å². The van der Waals surface area contributed by atoms with Crippen molar-refractivity contribution >= 4 is 17.8 Å². The zero-order valence-corrected chi connectivity index (χ0v) is 23.9. The summed E-state index contributed by atoms with van der Waals surface area (Å²) in [6.07, 6.45) is 0.884. The van der Waals surface area contributed by atoms with Gasteiger partial charge in [0.25, 0.3) is 0 Å². The second kappa shape index (κ2) is 13.0. The van der Waals surface area contributed by atoms with Gasteiger partial charge < -0.3 is 25.0 Å². The predicted octanol–water partition coefficient (Wildman–Crippen LogP) is 3.28. The molecule has 224 valence electrons. The Balaban J connectivity index is 1.50. The minimum absolute atomic E-state index is 0.0332. The summed E-state index contributed by atoms with van der Waals surface area (Å²) >= 11 is 0. The SMILES string of the molecule is C=CCN1CC(=O)N2[C@@H](Cc3ccc(O)cc3)C(=O)N(Cc3ccc(OC)cc3F)C[C@@H]2N1C(=O)NCc1ccccc1. The second-order valence-electron chi connectivity index (χ2n) is 10.5. The van der Waals surface area contributed by atoms with Gasteiger partial charge in [-0.25, -0.2) is 19.2 Å². The van der Waals surface area contributed by atoms with Gasteiger partial charge in [0, 0.05) is 37.7 Å². The maximum Gasteiger partial charge on any atom is 0.334 e. The van der Waals surface area contributed by atoms with Crippen LogP contribution in [0, 0.1) is 5.82 Å². The van der Waals surface area contributed by atoms with E-state index in [1.54, 1.807) is 35.4 Å². The van der Waals surface area contributed by atoms with Gasteiger partial charge >= 0.3 is 6.03 Å². The number of halogens is 1. The number of ether oxygens (including phenoxy) is 1. The van der Waals surface area contributed by atoms with Crippen molar-refractivity contribution in [2.24, 2.45) is 0 Å². The summed E-state index contributed by atoms with van der Waals surface area (Å²) in [5.41, 5.74) is 1.89. The lowest BCUT2D eigenvalue weighted by Crippen LogP contribution is -2.76. The summed E-state index contributed by atoms with van der Waals surface area (Å²) in [4.78, 5) is 44.4. The first-order chi connectivity index (χ1) is 20.8. The number of nitrogens with one attached hydrogen (secondary N) is 1. The number of hydrogen-bond acceptors (Lipinski definition) is 6. The van der Waals surface area contributed by atoms with Crippen LogP contribution in [-0.4, -0.2) is 81.7 Å². The third kappa shape index (κ3) is 6.46. The monoisotopic (exact) mass is 587 g/mol. The summed E-state index contributed by atoms with van der Waals surface area (Å²) in [7, 11) is 1.44. The Morgan fingerprint density at radius 3 is 2.51 bits per heavy atom. The van der Waals surface area contributed by atoms with E-state index in [2.05, 4.69) is 11.9 Å². The predicted molar refractivity (Wildman–Crippen MR) is 157 cm³/mol. The molecule has 0 bridgehead atoms. The maximum atomic E-state index is 15.0. The van der Waals surface area contributed by atoms with Gasteiger partial charge in [-0.05, 0) is 29.3 Å². The summed E-state index contributed by atoms with van der Waals surface area (Å²) < 4.78 is 20.1. The van der Waals surface area contributed by atoms with Crippen LogP contribution < -0.4 is 10.1 Å². The summed E-state index contributed by atoms with van der Waals surface area (Å²) in [5, 5.41) is 15.8. The van der Waals surface area contributed by atoms with Gasteiger partial charge in [-0.2, -0.15) is 0 Å². The van der Waals surface area contributed by atoms with Crippen molar-refractivity contribution in [1.29, 1.82) is 0 Å². The molecule has 10 nitrogen and oxygen atoms in total. The number of nitrogens with zero attached hydrogens (tertiary/aromatic N) is 4. The van der Waals surface area contributed by atoms with Crippen LogP contribution in [0.4, 0.5) is 9.18 Å². The van der Waals surface area contributed by atoms with Crippen molar-refractivity contribution in [3.63, 3.8) is 0 Å². The number of benzene rings is 3. The molecule has 0 aliphatic carbocycles. The molecule has 2 saturated heterocycles. The van der Waals surface area contributed by atoms with Crippen molar-refractivity contribution in [3.05, 3.63) is 108 Å². The molecule has 2 atom stereocenters. The van der Waals surface area contributed by atoms with Gasteiger partial charge in [0.15, 0.2) is 0 Å². The minimum Gasteiger partial charge on any atom is -0.508 e. The number of hydrazine groups is 1. The third-order valence-corrected chi connectivity index (χ3v) is 7.65. The molecule has 11 heteroatoms. The number of phenols is 1. The van der Waals surface area contributed by atoms with E-state index in [0.29, 0.717) is 11.3 Å². The van der Waals surface area contributed by atoms with Crippen LogP contribution in [0.2, 0.25) is 0 Å². The number of amides is 4. The van der Waals surface area contributed by atoms with Crippen LogP contribution in [0.25, 0.3) is 0 Å². The second-order valence-corrected chi connectivity index (χ2v) is 10.5. The fraction of sp³-hybridized carbons (Fsp3) is 0.281. The molecule has 43 heavy (non-hydrogen) atoms. The van der Waals surface area contributed by atoms with E-state index >= 15 is 4.39 Å². The van der Waals surface area contributed by atoms with Crippen LogP contribution >= 0.6 is 0 Å². The van der Waals surface area contributed by atoms with E-state index in [4.69, 9.17) is 4.74 Å². The smallest absolute Gasteiger partial charge is 0.334 e. The van der Waals surface area contributed by atoms with E-state index in [1.165, 1.54) is 40.1 Å². The number of carbonyl (C=O) groups excluding carboxylic acids is 3. The highest BCUT2D eigenvalue weighted by atomic mass is 19.1. The summed E-state index contributed by atoms with van der Waals surface area (Å²) in [5.74, 6) is -0.790. The molecule has 2 N–H and O–H groups in total. The zero-order valence-electron chi connectivity index (χ0n) is 23.9. The summed E-state index contributed by atoms with van der Waals surface area (Å²) in [6, 6.07) is 18.8. The maximum absolute atomic E-state index is 15.0. The highest BCUT2D eigenvalue weighted by molar-refractivity contribution is 5.91. The van der Waals surface area contributed by atoms with Gasteiger partial charge in [-0.3, -0.25) is 9.59 Å². The highest BCUT2D eigenvalue weighted by Gasteiger charge is 2.51. The topological polar surface area (TPSA) is 106 Å². The Bertz CT molecular complexity index is 1490. The Hall–Kier alpha value is -4.90. The van der Waals surface area contributed by atoms with E-state index in [9.17, 15) is 19.5 Å². The molecule has 2 fully saturated rings. The van der Waals surface area contributed by atoms with Crippen molar-refractivity contribution in [2.75, 3.05) is 26.7 Å². The van der Waals surface area contributed by atoms with Crippen LogP contribution in [0.5, 0.6) is 11.5 Å². The number of rotatable bonds is 9. The van der Waals surface area contributed by atoms with Crippen LogP contribution in [0.1, 0.15) is 16.7 Å². The van der Waals surface area contributed by atoms with Gasteiger partial charge in [0.05, 0.1) is 20.2 Å². The van der Waals surface area contributed by atoms with Crippen molar-refractivity contribution in [2.45, 2.75) is 31.7 Å². The fourth-order valence-corrected chi connectivity index (χ4v) is 5.54.